The molecule has 0 fully saturated rings. The van der Waals surface area contributed by atoms with Crippen molar-refractivity contribution in [1.82, 2.24) is 4.57 Å². The molecule has 0 aliphatic heterocycles. The van der Waals surface area contributed by atoms with Crippen molar-refractivity contribution in [3.8, 4) is 0 Å². The van der Waals surface area contributed by atoms with E-state index in [4.69, 9.17) is 9.47 Å². The molecule has 5 heteroatoms. The normalized spacial score (nSPS) is 11.0. The van der Waals surface area contributed by atoms with E-state index in [-0.39, 0.29) is 12.8 Å². The molecule has 24 heavy (non-hydrogen) atoms. The van der Waals surface area contributed by atoms with E-state index in [1.807, 2.05) is 41.9 Å². The average Bonchev–Trinajstić information content (AvgIpc) is 2.93. The number of hydrogen-bond donors (Lipinski definition) is 0. The molecule has 0 saturated carbocycles. The van der Waals surface area contributed by atoms with Crippen LogP contribution in [0.2, 0.25) is 0 Å². The van der Waals surface area contributed by atoms with Crippen molar-refractivity contribution in [3.05, 3.63) is 54.4 Å². The van der Waals surface area contributed by atoms with Gasteiger partial charge < -0.3 is 14.0 Å². The van der Waals surface area contributed by atoms with E-state index in [2.05, 4.69) is 12.3 Å². The van der Waals surface area contributed by atoms with Crippen molar-refractivity contribution >= 4 is 22.8 Å². The second-order valence-electron chi connectivity index (χ2n) is 5.61. The molecule has 0 radical (unpaired) electrons. The number of para-hydroxylation sites is 1. The molecule has 0 saturated heterocycles. The molecule has 0 N–H and O–H groups in total. The Kier molecular flexibility index (Phi) is 5.27. The maximum absolute atomic E-state index is 12.5. The van der Waals surface area contributed by atoms with Gasteiger partial charge in [0.05, 0.1) is 14.2 Å². The van der Waals surface area contributed by atoms with Crippen molar-refractivity contribution < 1.29 is 19.1 Å². The van der Waals surface area contributed by atoms with Gasteiger partial charge in [0.2, 0.25) is 0 Å². The van der Waals surface area contributed by atoms with Crippen molar-refractivity contribution in [2.24, 2.45) is 12.5 Å². The lowest BCUT2D eigenvalue weighted by atomic mass is 9.79. The highest BCUT2D eigenvalue weighted by Crippen LogP contribution is 2.33. The van der Waals surface area contributed by atoms with Gasteiger partial charge in [0, 0.05) is 31.1 Å². The van der Waals surface area contributed by atoms with Crippen LogP contribution >= 0.6 is 0 Å². The first kappa shape index (κ1) is 17.6. The van der Waals surface area contributed by atoms with E-state index >= 15 is 0 Å². The summed E-state index contributed by atoms with van der Waals surface area (Å²) in [5, 5.41) is 1.04. The minimum Gasteiger partial charge on any atom is -0.468 e. The van der Waals surface area contributed by atoms with Gasteiger partial charge in [-0.05, 0) is 23.6 Å². The standard InChI is InChI=1S/C19H21NO4/c1-5-6-11-19(17(21)23-3,18(22)24-4)13-15-12-14-9-7-8-10-16(14)20(15)2/h6-10,12H,1,11,13H2,2-4H3. The Morgan fingerprint density at radius 3 is 2.42 bits per heavy atom. The van der Waals surface area contributed by atoms with Crippen LogP contribution in [0.4, 0.5) is 0 Å². The van der Waals surface area contributed by atoms with Crippen molar-refractivity contribution in [3.63, 3.8) is 0 Å². The number of nitrogens with zero attached hydrogens (tertiary/aromatic N) is 1. The van der Waals surface area contributed by atoms with Crippen molar-refractivity contribution in [2.45, 2.75) is 12.8 Å². The fraction of sp³-hybridized carbons (Fsp3) is 0.316. The lowest BCUT2D eigenvalue weighted by molar-refractivity contribution is -0.169. The van der Waals surface area contributed by atoms with Crippen LogP contribution in [-0.2, 0) is 32.5 Å². The number of methoxy groups -OCH3 is 2. The summed E-state index contributed by atoms with van der Waals surface area (Å²) in [6, 6.07) is 9.83. The quantitative estimate of drug-likeness (QED) is 0.465. The molecule has 126 valence electrons. The predicted octanol–water partition coefficient (Wildman–Crippen LogP) is 2.78. The molecule has 0 unspecified atom stereocenters. The van der Waals surface area contributed by atoms with E-state index < -0.39 is 17.4 Å². The SMILES string of the molecule is C=C=CCC(Cc1cc2ccccc2n1C)(C(=O)OC)C(=O)OC. The van der Waals surface area contributed by atoms with Gasteiger partial charge in [-0.3, -0.25) is 9.59 Å². The largest absolute Gasteiger partial charge is 0.468 e. The van der Waals surface area contributed by atoms with Gasteiger partial charge >= 0.3 is 11.9 Å². The van der Waals surface area contributed by atoms with Gasteiger partial charge in [0.25, 0.3) is 0 Å². The first-order valence-corrected chi connectivity index (χ1v) is 7.54. The molecular formula is C19H21NO4. The molecule has 0 amide bonds. The average molecular weight is 327 g/mol. The Balaban J connectivity index is 2.57. The molecular weight excluding hydrogens is 306 g/mol. The van der Waals surface area contributed by atoms with Crippen LogP contribution in [0, 0.1) is 5.41 Å². The zero-order chi connectivity index (χ0) is 17.7. The Morgan fingerprint density at radius 1 is 1.25 bits per heavy atom. The Morgan fingerprint density at radius 2 is 1.88 bits per heavy atom. The summed E-state index contributed by atoms with van der Waals surface area (Å²) >= 11 is 0. The third-order valence-electron chi connectivity index (χ3n) is 4.28. The summed E-state index contributed by atoms with van der Waals surface area (Å²) in [5.74, 6) is -1.27. The van der Waals surface area contributed by atoms with Crippen LogP contribution in [0.5, 0.6) is 0 Å². The molecule has 1 aromatic heterocycles. The molecule has 2 rings (SSSR count). The van der Waals surface area contributed by atoms with Gasteiger partial charge in [-0.15, -0.1) is 5.73 Å². The summed E-state index contributed by atoms with van der Waals surface area (Å²) in [7, 11) is 4.43. The molecule has 0 spiro atoms. The minimum atomic E-state index is -1.46. The van der Waals surface area contributed by atoms with E-state index in [9.17, 15) is 9.59 Å². The van der Waals surface area contributed by atoms with Crippen LogP contribution in [0.3, 0.4) is 0 Å². The van der Waals surface area contributed by atoms with Crippen LogP contribution in [0.15, 0.2) is 48.7 Å². The summed E-state index contributed by atoms with van der Waals surface area (Å²) in [6.45, 7) is 3.50. The Bertz CT molecular complexity index is 796. The van der Waals surface area contributed by atoms with Crippen LogP contribution < -0.4 is 0 Å². The number of fused-ring (bicyclic) bond motifs is 1. The lowest BCUT2D eigenvalue weighted by Crippen LogP contribution is -2.43. The fourth-order valence-electron chi connectivity index (χ4n) is 2.93. The zero-order valence-corrected chi connectivity index (χ0v) is 14.2. The van der Waals surface area contributed by atoms with Gasteiger partial charge in [-0.1, -0.05) is 24.8 Å². The minimum absolute atomic E-state index is 0.109. The van der Waals surface area contributed by atoms with Gasteiger partial charge in [-0.25, -0.2) is 0 Å². The number of esters is 2. The predicted molar refractivity (Wildman–Crippen MR) is 91.4 cm³/mol. The first-order valence-electron chi connectivity index (χ1n) is 7.54. The summed E-state index contributed by atoms with van der Waals surface area (Å²) in [5.41, 5.74) is 3.01. The van der Waals surface area contributed by atoms with E-state index in [0.717, 1.165) is 16.6 Å². The van der Waals surface area contributed by atoms with Gasteiger partial charge in [0.15, 0.2) is 5.41 Å². The summed E-state index contributed by atoms with van der Waals surface area (Å²) < 4.78 is 11.8. The van der Waals surface area contributed by atoms with E-state index in [1.54, 1.807) is 6.08 Å². The van der Waals surface area contributed by atoms with Crippen molar-refractivity contribution in [2.75, 3.05) is 14.2 Å². The van der Waals surface area contributed by atoms with Gasteiger partial charge in [0.1, 0.15) is 0 Å². The number of allylic oxidation sites excluding steroid dienone is 1. The van der Waals surface area contributed by atoms with E-state index in [0.29, 0.717) is 0 Å². The third-order valence-corrected chi connectivity index (χ3v) is 4.28. The van der Waals surface area contributed by atoms with Crippen molar-refractivity contribution in [1.29, 1.82) is 0 Å². The maximum atomic E-state index is 12.5. The third kappa shape index (κ3) is 2.99. The van der Waals surface area contributed by atoms with E-state index in [1.165, 1.54) is 14.2 Å². The zero-order valence-electron chi connectivity index (χ0n) is 14.2. The smallest absolute Gasteiger partial charge is 0.323 e. The molecule has 1 heterocycles. The number of carbonyl (C=O) groups excluding carboxylic acids is 2. The molecule has 1 aromatic carbocycles. The fourth-order valence-corrected chi connectivity index (χ4v) is 2.93. The highest BCUT2D eigenvalue weighted by atomic mass is 16.5. The summed E-state index contributed by atoms with van der Waals surface area (Å²) in [6.07, 6.45) is 1.82. The molecule has 0 aliphatic carbocycles. The molecule has 0 atom stereocenters. The Labute approximate surface area is 141 Å². The second-order valence-corrected chi connectivity index (χ2v) is 5.61. The highest BCUT2D eigenvalue weighted by Gasteiger charge is 2.48. The second kappa shape index (κ2) is 7.20. The monoisotopic (exact) mass is 327 g/mol. The van der Waals surface area contributed by atoms with Gasteiger partial charge in [-0.2, -0.15) is 0 Å². The van der Waals surface area contributed by atoms with Crippen LogP contribution in [0.1, 0.15) is 12.1 Å². The number of aryl methyl sites for hydroxylation is 1. The number of aromatic nitrogens is 1. The number of ether oxygens (including phenoxy) is 2. The number of carbonyl (C=O) groups is 2. The Hall–Kier alpha value is -2.78. The summed E-state index contributed by atoms with van der Waals surface area (Å²) in [4.78, 5) is 24.9. The lowest BCUT2D eigenvalue weighted by Gasteiger charge is -2.27. The number of hydrogen-bond acceptors (Lipinski definition) is 4. The first-order chi connectivity index (χ1) is 11.5. The van der Waals surface area contributed by atoms with Crippen LogP contribution in [-0.4, -0.2) is 30.7 Å². The highest BCUT2D eigenvalue weighted by molar-refractivity contribution is 6.00. The molecule has 0 bridgehead atoms. The van der Waals surface area contributed by atoms with Crippen LogP contribution in [0.25, 0.3) is 10.9 Å². The molecule has 0 aliphatic rings. The maximum Gasteiger partial charge on any atom is 0.323 e. The topological polar surface area (TPSA) is 57.5 Å². The molecule has 2 aromatic rings. The number of rotatable bonds is 6. The molecule has 5 nitrogen and oxygen atoms in total. The number of benzene rings is 1.